The van der Waals surface area contributed by atoms with E-state index < -0.39 is 0 Å². The molecule has 1 aromatic rings. The van der Waals surface area contributed by atoms with Crippen molar-refractivity contribution >= 4 is 11.8 Å². The number of hydrogen-bond acceptors (Lipinski definition) is 2. The number of carbonyl (C=O) groups is 2. The van der Waals surface area contributed by atoms with E-state index in [2.05, 4.69) is 0 Å². The Morgan fingerprint density at radius 3 is 2.05 bits per heavy atom. The van der Waals surface area contributed by atoms with Crippen molar-refractivity contribution in [3.63, 3.8) is 0 Å². The van der Waals surface area contributed by atoms with Gasteiger partial charge in [0.15, 0.2) is 0 Å². The van der Waals surface area contributed by atoms with Crippen molar-refractivity contribution in [2.24, 2.45) is 5.41 Å². The fourth-order valence-electron chi connectivity index (χ4n) is 2.74. The molecule has 1 aliphatic heterocycles. The smallest absolute Gasteiger partial charge is 0.254 e. The average molecular weight is 302 g/mol. The lowest BCUT2D eigenvalue weighted by molar-refractivity contribution is -0.140. The molecule has 1 heterocycles. The molecule has 1 fully saturated rings. The molecule has 1 saturated heterocycles. The van der Waals surface area contributed by atoms with Gasteiger partial charge < -0.3 is 9.80 Å². The summed E-state index contributed by atoms with van der Waals surface area (Å²) in [5.41, 5.74) is 2.59. The minimum Gasteiger partial charge on any atom is -0.339 e. The highest BCUT2D eigenvalue weighted by atomic mass is 16.2. The Kier molecular flexibility index (Phi) is 4.59. The second kappa shape index (κ2) is 6.11. The van der Waals surface area contributed by atoms with Crippen LogP contribution in [-0.4, -0.2) is 47.8 Å². The summed E-state index contributed by atoms with van der Waals surface area (Å²) >= 11 is 0. The van der Waals surface area contributed by atoms with Crippen LogP contribution in [-0.2, 0) is 4.79 Å². The number of aryl methyl sites for hydroxylation is 1. The van der Waals surface area contributed by atoms with Crippen molar-refractivity contribution in [1.29, 1.82) is 0 Å². The Balaban J connectivity index is 2.04. The maximum Gasteiger partial charge on any atom is 0.254 e. The molecule has 0 bridgehead atoms. The van der Waals surface area contributed by atoms with Crippen molar-refractivity contribution in [2.75, 3.05) is 26.2 Å². The van der Waals surface area contributed by atoms with Gasteiger partial charge in [0.25, 0.3) is 5.91 Å². The van der Waals surface area contributed by atoms with E-state index in [1.807, 2.05) is 62.6 Å². The Bertz CT molecular complexity index is 579. The van der Waals surface area contributed by atoms with Gasteiger partial charge in [0.2, 0.25) is 5.91 Å². The zero-order valence-corrected chi connectivity index (χ0v) is 14.3. The van der Waals surface area contributed by atoms with Crippen molar-refractivity contribution in [1.82, 2.24) is 9.80 Å². The standard InChI is InChI=1S/C18H26N2O2/c1-13-7-6-8-15(14(13)2)16(21)19-9-11-20(12-10-19)17(22)18(3,4)5/h6-8H,9-12H2,1-5H3. The van der Waals surface area contributed by atoms with Crippen LogP contribution >= 0.6 is 0 Å². The van der Waals surface area contributed by atoms with Gasteiger partial charge >= 0.3 is 0 Å². The van der Waals surface area contributed by atoms with Gasteiger partial charge in [-0.3, -0.25) is 9.59 Å². The van der Waals surface area contributed by atoms with Crippen molar-refractivity contribution in [2.45, 2.75) is 34.6 Å². The fourth-order valence-corrected chi connectivity index (χ4v) is 2.74. The summed E-state index contributed by atoms with van der Waals surface area (Å²) in [6.45, 7) is 12.3. The van der Waals surface area contributed by atoms with Crippen LogP contribution in [0.25, 0.3) is 0 Å². The molecule has 120 valence electrons. The summed E-state index contributed by atoms with van der Waals surface area (Å²) in [6.07, 6.45) is 0. The lowest BCUT2D eigenvalue weighted by atomic mass is 9.94. The first-order valence-electron chi connectivity index (χ1n) is 7.86. The molecule has 0 aromatic heterocycles. The van der Waals surface area contributed by atoms with E-state index in [4.69, 9.17) is 0 Å². The highest BCUT2D eigenvalue weighted by molar-refractivity contribution is 5.96. The van der Waals surface area contributed by atoms with E-state index in [9.17, 15) is 9.59 Å². The topological polar surface area (TPSA) is 40.6 Å². The molecule has 0 radical (unpaired) electrons. The number of amides is 2. The van der Waals surface area contributed by atoms with Gasteiger partial charge in [-0.2, -0.15) is 0 Å². The summed E-state index contributed by atoms with van der Waals surface area (Å²) in [6, 6.07) is 5.83. The highest BCUT2D eigenvalue weighted by Crippen LogP contribution is 2.20. The number of benzene rings is 1. The molecule has 0 saturated carbocycles. The predicted molar refractivity (Wildman–Crippen MR) is 87.9 cm³/mol. The van der Waals surface area contributed by atoms with Crippen LogP contribution in [0.2, 0.25) is 0 Å². The summed E-state index contributed by atoms with van der Waals surface area (Å²) in [4.78, 5) is 28.7. The van der Waals surface area contributed by atoms with Crippen LogP contribution in [0.15, 0.2) is 18.2 Å². The van der Waals surface area contributed by atoms with E-state index in [-0.39, 0.29) is 17.2 Å². The first-order chi connectivity index (χ1) is 10.2. The number of rotatable bonds is 1. The Labute approximate surface area is 133 Å². The maximum absolute atomic E-state index is 12.7. The van der Waals surface area contributed by atoms with E-state index in [0.29, 0.717) is 26.2 Å². The molecule has 4 nitrogen and oxygen atoms in total. The van der Waals surface area contributed by atoms with Gasteiger partial charge in [-0.1, -0.05) is 32.9 Å². The molecule has 1 aliphatic rings. The zero-order chi connectivity index (χ0) is 16.5. The van der Waals surface area contributed by atoms with Crippen LogP contribution in [0, 0.1) is 19.3 Å². The van der Waals surface area contributed by atoms with Crippen LogP contribution in [0.5, 0.6) is 0 Å². The Hall–Kier alpha value is -1.84. The third-order valence-corrected chi connectivity index (χ3v) is 4.33. The van der Waals surface area contributed by atoms with Gasteiger partial charge in [-0.25, -0.2) is 0 Å². The number of hydrogen-bond donors (Lipinski definition) is 0. The number of carbonyl (C=O) groups excluding carboxylic acids is 2. The SMILES string of the molecule is Cc1cccc(C(=O)N2CCN(C(=O)C(C)(C)C)CC2)c1C. The summed E-state index contributed by atoms with van der Waals surface area (Å²) < 4.78 is 0. The van der Waals surface area contributed by atoms with Gasteiger partial charge in [0.05, 0.1) is 0 Å². The number of nitrogens with zero attached hydrogens (tertiary/aromatic N) is 2. The molecule has 0 aliphatic carbocycles. The summed E-state index contributed by atoms with van der Waals surface area (Å²) in [5.74, 6) is 0.232. The highest BCUT2D eigenvalue weighted by Gasteiger charge is 2.31. The molecular weight excluding hydrogens is 276 g/mol. The molecule has 1 aromatic carbocycles. The Morgan fingerprint density at radius 1 is 0.955 bits per heavy atom. The van der Waals surface area contributed by atoms with Gasteiger partial charge in [0.1, 0.15) is 0 Å². The third kappa shape index (κ3) is 3.32. The van der Waals surface area contributed by atoms with Crippen molar-refractivity contribution in [3.8, 4) is 0 Å². The second-order valence-electron chi connectivity index (χ2n) is 7.08. The van der Waals surface area contributed by atoms with E-state index >= 15 is 0 Å². The second-order valence-corrected chi connectivity index (χ2v) is 7.08. The average Bonchev–Trinajstić information content (AvgIpc) is 2.48. The lowest BCUT2D eigenvalue weighted by Crippen LogP contribution is -2.53. The van der Waals surface area contributed by atoms with Gasteiger partial charge in [-0.05, 0) is 31.0 Å². The predicted octanol–water partition coefficient (Wildman–Crippen LogP) is 2.63. The van der Waals surface area contributed by atoms with Crippen LogP contribution in [0.3, 0.4) is 0 Å². The van der Waals surface area contributed by atoms with E-state index in [1.165, 1.54) is 0 Å². The lowest BCUT2D eigenvalue weighted by Gasteiger charge is -2.37. The third-order valence-electron chi connectivity index (χ3n) is 4.33. The maximum atomic E-state index is 12.7. The summed E-state index contributed by atoms with van der Waals surface area (Å²) in [7, 11) is 0. The monoisotopic (exact) mass is 302 g/mol. The molecule has 0 unspecified atom stereocenters. The molecule has 0 atom stereocenters. The largest absolute Gasteiger partial charge is 0.339 e. The van der Waals surface area contributed by atoms with Crippen LogP contribution in [0.4, 0.5) is 0 Å². The van der Waals surface area contributed by atoms with Crippen LogP contribution in [0.1, 0.15) is 42.3 Å². The van der Waals surface area contributed by atoms with E-state index in [1.54, 1.807) is 0 Å². The Morgan fingerprint density at radius 2 is 1.50 bits per heavy atom. The van der Waals surface area contributed by atoms with Crippen LogP contribution < -0.4 is 0 Å². The quantitative estimate of drug-likeness (QED) is 0.800. The molecule has 2 rings (SSSR count). The molecule has 0 spiro atoms. The normalized spacial score (nSPS) is 15.9. The zero-order valence-electron chi connectivity index (χ0n) is 14.3. The number of piperazine rings is 1. The summed E-state index contributed by atoms with van der Waals surface area (Å²) in [5, 5.41) is 0. The first-order valence-corrected chi connectivity index (χ1v) is 7.86. The van der Waals surface area contributed by atoms with Crippen molar-refractivity contribution < 1.29 is 9.59 Å². The molecule has 0 N–H and O–H groups in total. The molecular formula is C18H26N2O2. The molecule has 22 heavy (non-hydrogen) atoms. The minimum atomic E-state index is -0.362. The van der Waals surface area contributed by atoms with Gasteiger partial charge in [-0.15, -0.1) is 0 Å². The fraction of sp³-hybridized carbons (Fsp3) is 0.556. The molecule has 2 amide bonds. The molecule has 4 heteroatoms. The minimum absolute atomic E-state index is 0.0732. The van der Waals surface area contributed by atoms with Gasteiger partial charge in [0, 0.05) is 37.2 Å². The first kappa shape index (κ1) is 16.5. The van der Waals surface area contributed by atoms with Crippen molar-refractivity contribution in [3.05, 3.63) is 34.9 Å². The van der Waals surface area contributed by atoms with E-state index in [0.717, 1.165) is 16.7 Å².